The van der Waals surface area contributed by atoms with Crippen LogP contribution in [0.5, 0.6) is 11.5 Å². The molecule has 0 aliphatic heterocycles. The lowest BCUT2D eigenvalue weighted by Crippen LogP contribution is -2.08. The molecule has 3 aromatic rings. The van der Waals surface area contributed by atoms with Crippen molar-refractivity contribution in [2.24, 2.45) is 0 Å². The Morgan fingerprint density at radius 3 is 2.25 bits per heavy atom. The van der Waals surface area contributed by atoms with E-state index in [1.807, 2.05) is 49.4 Å². The van der Waals surface area contributed by atoms with E-state index in [2.05, 4.69) is 0 Å². The van der Waals surface area contributed by atoms with Crippen molar-refractivity contribution in [2.75, 3.05) is 14.2 Å². The Kier molecular flexibility index (Phi) is 4.16. The highest BCUT2D eigenvalue weighted by atomic mass is 16.5. The Morgan fingerprint density at radius 2 is 1.71 bits per heavy atom. The number of benzene rings is 2. The number of aromatic carboxylic acids is 1. The van der Waals surface area contributed by atoms with E-state index >= 15 is 0 Å². The summed E-state index contributed by atoms with van der Waals surface area (Å²) in [4.78, 5) is 12.0. The number of methoxy groups -OCH3 is 2. The summed E-state index contributed by atoms with van der Waals surface area (Å²) in [5.41, 5.74) is 2.64. The molecule has 0 saturated heterocycles. The van der Waals surface area contributed by atoms with Gasteiger partial charge in [0.25, 0.3) is 0 Å². The second kappa shape index (κ2) is 6.28. The molecular formula is C19H19NO4. The number of carbonyl (C=O) groups is 1. The molecule has 0 saturated carbocycles. The quantitative estimate of drug-likeness (QED) is 0.769. The second-order valence-corrected chi connectivity index (χ2v) is 5.36. The lowest BCUT2D eigenvalue weighted by molar-refractivity contribution is 0.0687. The van der Waals surface area contributed by atoms with Gasteiger partial charge in [-0.15, -0.1) is 0 Å². The number of aromatic nitrogens is 1. The summed E-state index contributed by atoms with van der Waals surface area (Å²) in [6.45, 7) is 2.47. The van der Waals surface area contributed by atoms with Gasteiger partial charge >= 0.3 is 5.97 Å². The first-order chi connectivity index (χ1) is 11.6. The smallest absolute Gasteiger partial charge is 0.353 e. The van der Waals surface area contributed by atoms with Gasteiger partial charge in [0.1, 0.15) is 5.69 Å². The van der Waals surface area contributed by atoms with Gasteiger partial charge in [-0.05, 0) is 18.6 Å². The minimum Gasteiger partial charge on any atom is -0.493 e. The van der Waals surface area contributed by atoms with E-state index in [0.717, 1.165) is 16.5 Å². The van der Waals surface area contributed by atoms with Crippen molar-refractivity contribution in [1.29, 1.82) is 0 Å². The fourth-order valence-electron chi connectivity index (χ4n) is 3.12. The number of hydrogen-bond acceptors (Lipinski definition) is 3. The molecular weight excluding hydrogens is 306 g/mol. The number of hydrogen-bond donors (Lipinski definition) is 1. The summed E-state index contributed by atoms with van der Waals surface area (Å²) in [6.07, 6.45) is 0. The van der Waals surface area contributed by atoms with E-state index in [4.69, 9.17) is 9.47 Å². The number of aryl methyl sites for hydroxylation is 1. The first-order valence-electron chi connectivity index (χ1n) is 7.69. The minimum absolute atomic E-state index is 0.272. The zero-order valence-electron chi connectivity index (χ0n) is 13.9. The largest absolute Gasteiger partial charge is 0.493 e. The van der Waals surface area contributed by atoms with Gasteiger partial charge in [0, 0.05) is 23.6 Å². The summed E-state index contributed by atoms with van der Waals surface area (Å²) >= 11 is 0. The Labute approximate surface area is 140 Å². The zero-order valence-corrected chi connectivity index (χ0v) is 13.9. The van der Waals surface area contributed by atoms with Crippen molar-refractivity contribution in [3.8, 4) is 22.6 Å². The molecule has 3 rings (SSSR count). The lowest BCUT2D eigenvalue weighted by atomic mass is 10.0. The van der Waals surface area contributed by atoms with Gasteiger partial charge in [0.2, 0.25) is 0 Å². The van der Waals surface area contributed by atoms with Gasteiger partial charge in [-0.1, -0.05) is 30.3 Å². The first kappa shape index (κ1) is 15.9. The minimum atomic E-state index is -0.954. The van der Waals surface area contributed by atoms with Crippen molar-refractivity contribution >= 4 is 16.9 Å². The van der Waals surface area contributed by atoms with Gasteiger partial charge < -0.3 is 19.1 Å². The molecule has 0 atom stereocenters. The number of carboxylic acids is 1. The van der Waals surface area contributed by atoms with Crippen LogP contribution in [-0.4, -0.2) is 29.9 Å². The summed E-state index contributed by atoms with van der Waals surface area (Å²) in [5, 5.41) is 10.6. The van der Waals surface area contributed by atoms with Crippen LogP contribution in [0.2, 0.25) is 0 Å². The Bertz CT molecular complexity index is 897. The predicted octanol–water partition coefficient (Wildman–Crippen LogP) is 4.04. The SMILES string of the molecule is CCn1c(C(=O)O)c(-c2ccccc2)c2cc(OC)c(OC)cc21. The van der Waals surface area contributed by atoms with Crippen LogP contribution in [0.3, 0.4) is 0 Å². The molecule has 5 heteroatoms. The maximum atomic E-state index is 12.0. The maximum Gasteiger partial charge on any atom is 0.353 e. The Balaban J connectivity index is 2.48. The first-order valence-corrected chi connectivity index (χ1v) is 7.69. The fourth-order valence-corrected chi connectivity index (χ4v) is 3.12. The summed E-state index contributed by atoms with van der Waals surface area (Å²) in [5.74, 6) is 0.200. The highest BCUT2D eigenvalue weighted by molar-refractivity contribution is 6.09. The average Bonchev–Trinajstić information content (AvgIpc) is 2.94. The molecule has 0 aliphatic carbocycles. The van der Waals surface area contributed by atoms with E-state index in [1.165, 1.54) is 0 Å². The van der Waals surface area contributed by atoms with Gasteiger partial charge in [-0.3, -0.25) is 0 Å². The van der Waals surface area contributed by atoms with Gasteiger partial charge in [-0.25, -0.2) is 4.79 Å². The van der Waals surface area contributed by atoms with E-state index in [0.29, 0.717) is 23.6 Å². The predicted molar refractivity (Wildman–Crippen MR) is 93.1 cm³/mol. The monoisotopic (exact) mass is 325 g/mol. The van der Waals surface area contributed by atoms with Crippen molar-refractivity contribution in [3.63, 3.8) is 0 Å². The molecule has 5 nitrogen and oxygen atoms in total. The molecule has 124 valence electrons. The third-order valence-corrected chi connectivity index (χ3v) is 4.15. The highest BCUT2D eigenvalue weighted by Gasteiger charge is 2.24. The van der Waals surface area contributed by atoms with E-state index in [1.54, 1.807) is 18.8 Å². The number of nitrogens with zero attached hydrogens (tertiary/aromatic N) is 1. The summed E-state index contributed by atoms with van der Waals surface area (Å²) < 4.78 is 12.6. The molecule has 1 aromatic heterocycles. The van der Waals surface area contributed by atoms with Crippen LogP contribution in [0.4, 0.5) is 0 Å². The third kappa shape index (κ3) is 2.38. The van der Waals surface area contributed by atoms with Crippen molar-refractivity contribution < 1.29 is 19.4 Å². The topological polar surface area (TPSA) is 60.7 Å². The van der Waals surface area contributed by atoms with Gasteiger partial charge in [0.15, 0.2) is 11.5 Å². The van der Waals surface area contributed by atoms with Crippen LogP contribution >= 0.6 is 0 Å². The molecule has 0 spiro atoms. The molecule has 1 heterocycles. The molecule has 0 aliphatic rings. The lowest BCUT2D eigenvalue weighted by Gasteiger charge is -2.09. The van der Waals surface area contributed by atoms with E-state index in [-0.39, 0.29) is 5.69 Å². The molecule has 0 radical (unpaired) electrons. The molecule has 2 aromatic carbocycles. The number of rotatable bonds is 5. The van der Waals surface area contributed by atoms with Gasteiger partial charge in [-0.2, -0.15) is 0 Å². The van der Waals surface area contributed by atoms with Crippen LogP contribution in [0.1, 0.15) is 17.4 Å². The van der Waals surface area contributed by atoms with E-state index < -0.39 is 5.97 Å². The Hall–Kier alpha value is -2.95. The normalized spacial score (nSPS) is 10.8. The molecule has 0 fully saturated rings. The van der Waals surface area contributed by atoms with Crippen molar-refractivity contribution in [1.82, 2.24) is 4.57 Å². The highest BCUT2D eigenvalue weighted by Crippen LogP contribution is 2.40. The summed E-state index contributed by atoms with van der Waals surface area (Å²) in [6, 6.07) is 13.2. The standard InChI is InChI=1S/C19H19NO4/c1-4-20-14-11-16(24-3)15(23-2)10-13(14)17(18(20)19(21)22)12-8-6-5-7-9-12/h5-11H,4H2,1-3H3,(H,21,22). The van der Waals surface area contributed by atoms with Crippen LogP contribution in [0.25, 0.3) is 22.0 Å². The fraction of sp³-hybridized carbons (Fsp3) is 0.211. The van der Waals surface area contributed by atoms with Crippen molar-refractivity contribution in [3.05, 3.63) is 48.2 Å². The number of carboxylic acid groups (broad SMARTS) is 1. The number of ether oxygens (including phenoxy) is 2. The average molecular weight is 325 g/mol. The third-order valence-electron chi connectivity index (χ3n) is 4.15. The van der Waals surface area contributed by atoms with Gasteiger partial charge in [0.05, 0.1) is 19.7 Å². The zero-order chi connectivity index (χ0) is 17.3. The Morgan fingerprint density at radius 1 is 1.08 bits per heavy atom. The molecule has 0 bridgehead atoms. The molecule has 1 N–H and O–H groups in total. The molecule has 0 unspecified atom stereocenters. The number of fused-ring (bicyclic) bond motifs is 1. The van der Waals surface area contributed by atoms with Crippen LogP contribution < -0.4 is 9.47 Å². The van der Waals surface area contributed by atoms with E-state index in [9.17, 15) is 9.90 Å². The summed E-state index contributed by atoms with van der Waals surface area (Å²) in [7, 11) is 3.14. The maximum absolute atomic E-state index is 12.0. The second-order valence-electron chi connectivity index (χ2n) is 5.36. The van der Waals surface area contributed by atoms with Crippen LogP contribution in [-0.2, 0) is 6.54 Å². The molecule has 24 heavy (non-hydrogen) atoms. The molecule has 0 amide bonds. The van der Waals surface area contributed by atoms with Crippen molar-refractivity contribution in [2.45, 2.75) is 13.5 Å². The van der Waals surface area contributed by atoms with Crippen LogP contribution in [0, 0.1) is 0 Å². The van der Waals surface area contributed by atoms with Crippen LogP contribution in [0.15, 0.2) is 42.5 Å².